The second-order valence-corrected chi connectivity index (χ2v) is 13.4. The summed E-state index contributed by atoms with van der Waals surface area (Å²) in [5.74, 6) is 2.28. The van der Waals surface area contributed by atoms with E-state index in [1.165, 1.54) is 50.8 Å². The van der Waals surface area contributed by atoms with Crippen molar-refractivity contribution in [2.75, 3.05) is 49.1 Å². The van der Waals surface area contributed by atoms with Gasteiger partial charge in [-0.2, -0.15) is 0 Å². The summed E-state index contributed by atoms with van der Waals surface area (Å²) in [6.45, 7) is 16.9. The van der Waals surface area contributed by atoms with Crippen LogP contribution in [0.1, 0.15) is 71.8 Å². The largest absolute Gasteiger partial charge is 0.310 e. The Balaban J connectivity index is 1.37. The normalized spacial score (nSPS) is 23.0. The fourth-order valence-electron chi connectivity index (χ4n) is 5.99. The van der Waals surface area contributed by atoms with Gasteiger partial charge in [0.2, 0.25) is 11.9 Å². The van der Waals surface area contributed by atoms with Crippen molar-refractivity contribution in [3.05, 3.63) is 35.2 Å². The Kier molecular flexibility index (Phi) is 9.17. The van der Waals surface area contributed by atoms with Crippen LogP contribution < -0.4 is 9.80 Å². The Hall–Kier alpha value is -1.83. The number of hydrogen-bond donors (Lipinski definition) is 0. The fourth-order valence-corrected chi connectivity index (χ4v) is 6.94. The highest BCUT2D eigenvalue weighted by atomic mass is 32.2. The summed E-state index contributed by atoms with van der Waals surface area (Å²) in [7, 11) is 0. The molecule has 0 radical (unpaired) electrons. The number of benzene rings is 1. The third-order valence-electron chi connectivity index (χ3n) is 8.33. The van der Waals surface area contributed by atoms with Gasteiger partial charge in [0.1, 0.15) is 5.37 Å². The number of carbonyl (C=O) groups excluding carboxylic acids is 1. The van der Waals surface area contributed by atoms with Crippen LogP contribution in [0.4, 0.5) is 11.4 Å². The monoisotopic (exact) mass is 537 g/mol. The minimum Gasteiger partial charge on any atom is -0.310 e. The molecule has 0 aromatic heterocycles. The van der Waals surface area contributed by atoms with Gasteiger partial charge in [-0.05, 0) is 99.8 Å². The number of guanidine groups is 1. The van der Waals surface area contributed by atoms with E-state index in [1.54, 1.807) is 11.8 Å². The average Bonchev–Trinajstić information content (AvgIpc) is 3.49. The lowest BCUT2D eigenvalue weighted by atomic mass is 10.1. The van der Waals surface area contributed by atoms with Gasteiger partial charge < -0.3 is 9.80 Å². The average molecular weight is 538 g/mol. The predicted molar refractivity (Wildman–Crippen MR) is 162 cm³/mol. The summed E-state index contributed by atoms with van der Waals surface area (Å²) in [4.78, 5) is 28.2. The summed E-state index contributed by atoms with van der Waals surface area (Å²) in [6.07, 6.45) is 9.57. The van der Waals surface area contributed by atoms with E-state index in [1.807, 2.05) is 16.4 Å². The lowest BCUT2D eigenvalue weighted by Crippen LogP contribution is -2.50. The number of thioether (sulfide) groups is 1. The van der Waals surface area contributed by atoms with Crippen molar-refractivity contribution in [2.24, 2.45) is 22.7 Å². The number of piperidine rings is 1. The number of rotatable bonds is 12. The third kappa shape index (κ3) is 6.31. The number of amides is 1. The Morgan fingerprint density at radius 2 is 1.74 bits per heavy atom. The molecule has 4 heterocycles. The number of nitrogens with zero attached hydrogens (tertiary/aromatic N) is 5. The Bertz CT molecular complexity index is 1020. The molecule has 0 bridgehead atoms. The van der Waals surface area contributed by atoms with Gasteiger partial charge in [0.25, 0.3) is 0 Å². The summed E-state index contributed by atoms with van der Waals surface area (Å²) in [5, 5.41) is 2.03. The van der Waals surface area contributed by atoms with Crippen LogP contribution in [0.3, 0.4) is 0 Å². The molecule has 2 atom stereocenters. The number of likely N-dealkylation sites (tertiary alicyclic amines) is 1. The van der Waals surface area contributed by atoms with E-state index >= 15 is 0 Å². The zero-order chi connectivity index (χ0) is 26.6. The highest BCUT2D eigenvalue weighted by molar-refractivity contribution is 8.03. The molecule has 0 spiro atoms. The zero-order valence-corrected chi connectivity index (χ0v) is 24.8. The zero-order valence-electron chi connectivity index (χ0n) is 23.9. The first-order valence-corrected chi connectivity index (χ1v) is 15.9. The molecule has 1 amide bonds. The van der Waals surface area contributed by atoms with Gasteiger partial charge >= 0.3 is 0 Å². The molecule has 5 rings (SSSR count). The van der Waals surface area contributed by atoms with Crippen LogP contribution in [-0.4, -0.2) is 66.3 Å². The van der Waals surface area contributed by atoms with Crippen LogP contribution in [0.25, 0.3) is 0 Å². The topological polar surface area (TPSA) is 42.4 Å². The molecule has 1 aromatic rings. The maximum Gasteiger partial charge on any atom is 0.243 e. The molecule has 0 saturated carbocycles. The maximum atomic E-state index is 13.6. The molecule has 6 nitrogen and oxygen atoms in total. The highest BCUT2D eigenvalue weighted by Gasteiger charge is 2.46. The molecule has 2 unspecified atom stereocenters. The van der Waals surface area contributed by atoms with Crippen LogP contribution in [0.15, 0.2) is 34.7 Å². The van der Waals surface area contributed by atoms with Crippen LogP contribution >= 0.6 is 11.8 Å². The maximum absolute atomic E-state index is 13.6. The van der Waals surface area contributed by atoms with Crippen LogP contribution in [-0.2, 0) is 11.3 Å². The third-order valence-corrected chi connectivity index (χ3v) is 9.32. The van der Waals surface area contributed by atoms with Crippen molar-refractivity contribution < 1.29 is 4.79 Å². The Morgan fingerprint density at radius 1 is 1.00 bits per heavy atom. The van der Waals surface area contributed by atoms with Crippen LogP contribution in [0, 0.1) is 17.8 Å². The first-order valence-electron chi connectivity index (χ1n) is 15.0. The number of hydrogen-bond acceptors (Lipinski definition) is 6. The van der Waals surface area contributed by atoms with Crippen LogP contribution in [0.2, 0.25) is 0 Å². The molecular weight excluding hydrogens is 490 g/mol. The van der Waals surface area contributed by atoms with E-state index in [-0.39, 0.29) is 17.2 Å². The van der Waals surface area contributed by atoms with Crippen molar-refractivity contribution in [3.8, 4) is 0 Å². The minimum absolute atomic E-state index is 0.0188. The van der Waals surface area contributed by atoms with E-state index in [0.717, 1.165) is 56.5 Å². The summed E-state index contributed by atoms with van der Waals surface area (Å²) < 4.78 is 0. The molecule has 0 N–H and O–H groups in total. The van der Waals surface area contributed by atoms with E-state index in [9.17, 15) is 4.79 Å². The van der Waals surface area contributed by atoms with Gasteiger partial charge in [0.15, 0.2) is 0 Å². The van der Waals surface area contributed by atoms with Crippen LogP contribution in [0.5, 0.6) is 0 Å². The highest BCUT2D eigenvalue weighted by Crippen LogP contribution is 2.45. The molecule has 4 aliphatic rings. The number of carbonyl (C=O) groups is 1. The van der Waals surface area contributed by atoms with Gasteiger partial charge in [-0.1, -0.05) is 46.3 Å². The molecule has 0 aliphatic carbocycles. The standard InChI is InChI=1S/C31H47N5OS/c1-23(2)11-18-34(19-12-24(3)4)22-25-9-10-27-28(21-25)35(17-8-16-33-14-6-5-7-15-33)31-32-29-26(13-20-38-29)30(37)36(27)31/h9-10,13,20-21,23-24,26,29H,5-8,11-12,14-19,22H2,1-4H3. The van der Waals surface area contributed by atoms with E-state index in [0.29, 0.717) is 11.8 Å². The summed E-state index contributed by atoms with van der Waals surface area (Å²) in [5.41, 5.74) is 3.50. The van der Waals surface area contributed by atoms with Gasteiger partial charge in [-0.3, -0.25) is 9.69 Å². The molecule has 1 aromatic carbocycles. The first-order chi connectivity index (χ1) is 18.4. The van der Waals surface area contributed by atoms with E-state index < -0.39 is 0 Å². The second kappa shape index (κ2) is 12.6. The number of aliphatic imine (C=N–C) groups is 1. The molecule has 208 valence electrons. The van der Waals surface area contributed by atoms with Crippen molar-refractivity contribution in [1.82, 2.24) is 9.80 Å². The number of fused-ring (bicyclic) bond motifs is 4. The SMILES string of the molecule is CC(C)CCN(CCC(C)C)Cc1ccc2c(c1)N(CCCN1CCCCC1)C1=NC3SC=CC3C(=O)N12. The molecule has 1 fully saturated rings. The fraction of sp³-hybridized carbons (Fsp3) is 0.677. The lowest BCUT2D eigenvalue weighted by molar-refractivity contribution is -0.120. The van der Waals surface area contributed by atoms with E-state index in [4.69, 9.17) is 4.99 Å². The lowest BCUT2D eigenvalue weighted by Gasteiger charge is -2.31. The molecule has 1 saturated heterocycles. The quantitative estimate of drug-likeness (QED) is 0.318. The Morgan fingerprint density at radius 3 is 2.45 bits per heavy atom. The van der Waals surface area contributed by atoms with E-state index in [2.05, 4.69) is 60.6 Å². The smallest absolute Gasteiger partial charge is 0.243 e. The Labute approximate surface area is 234 Å². The first kappa shape index (κ1) is 27.7. The van der Waals surface area contributed by atoms with Crippen molar-refractivity contribution in [3.63, 3.8) is 0 Å². The molecule has 7 heteroatoms. The second-order valence-electron chi connectivity index (χ2n) is 12.4. The molecular formula is C31H47N5OS. The van der Waals surface area contributed by atoms with Gasteiger partial charge in [-0.25, -0.2) is 9.89 Å². The van der Waals surface area contributed by atoms with Gasteiger partial charge in [0.05, 0.1) is 17.3 Å². The summed E-state index contributed by atoms with van der Waals surface area (Å²) in [6, 6.07) is 6.77. The van der Waals surface area contributed by atoms with Crippen molar-refractivity contribution in [2.45, 2.75) is 78.1 Å². The molecule has 4 aliphatic heterocycles. The van der Waals surface area contributed by atoms with Gasteiger partial charge in [0, 0.05) is 13.1 Å². The summed E-state index contributed by atoms with van der Waals surface area (Å²) >= 11 is 1.68. The van der Waals surface area contributed by atoms with Crippen molar-refractivity contribution in [1.29, 1.82) is 0 Å². The number of anilines is 2. The minimum atomic E-state index is -0.146. The molecule has 38 heavy (non-hydrogen) atoms. The predicted octanol–water partition coefficient (Wildman–Crippen LogP) is 6.18. The van der Waals surface area contributed by atoms with Crippen molar-refractivity contribution >= 4 is 35.0 Å². The van der Waals surface area contributed by atoms with Gasteiger partial charge in [-0.15, -0.1) is 11.8 Å².